The maximum absolute atomic E-state index is 6.68. The minimum atomic E-state index is 0.632. The number of fused-ring (bicyclic) bond motifs is 7. The standard InChI is InChI=1S/C51H31N3O/c1-3-15-33(16-4-1)37-23-13-24-42-44(31-45-41-22-11-12-25-46(41)55-48(45)47(37)42)40-28-29-43(39-21-10-9-20-38(39)40)51-53-49(34-17-5-2-6-18-34)52-50(54-51)36-27-26-32-14-7-8-19-35(32)30-36/h1-31H. The SMILES string of the molecule is c1ccc(-c2nc(-c3ccc4ccccc4c3)nc(-c3ccc(-c4cc5c6ccccc6oc5c5c(-c6ccccc6)cccc45)c4ccccc34)n2)cc1. The van der Waals surface area contributed by atoms with E-state index in [0.29, 0.717) is 17.5 Å². The highest BCUT2D eigenvalue weighted by atomic mass is 16.3. The normalized spacial score (nSPS) is 11.6. The van der Waals surface area contributed by atoms with Crippen molar-refractivity contribution in [2.24, 2.45) is 0 Å². The molecule has 2 aromatic heterocycles. The van der Waals surface area contributed by atoms with Crippen molar-refractivity contribution in [1.29, 1.82) is 0 Å². The number of aromatic nitrogens is 3. The van der Waals surface area contributed by atoms with Crippen molar-refractivity contribution in [3.63, 3.8) is 0 Å². The molecule has 9 aromatic carbocycles. The molecule has 256 valence electrons. The van der Waals surface area contributed by atoms with Crippen LogP contribution in [0.25, 0.3) is 111 Å². The van der Waals surface area contributed by atoms with Crippen molar-refractivity contribution in [3.05, 3.63) is 188 Å². The van der Waals surface area contributed by atoms with E-state index in [1.165, 1.54) is 5.39 Å². The first-order valence-electron chi connectivity index (χ1n) is 18.5. The highest BCUT2D eigenvalue weighted by Gasteiger charge is 2.21. The van der Waals surface area contributed by atoms with Crippen molar-refractivity contribution >= 4 is 54.3 Å². The minimum Gasteiger partial charge on any atom is -0.455 e. The number of benzene rings is 9. The van der Waals surface area contributed by atoms with Crippen LogP contribution in [0.5, 0.6) is 0 Å². The average molecular weight is 702 g/mol. The van der Waals surface area contributed by atoms with E-state index in [9.17, 15) is 0 Å². The van der Waals surface area contributed by atoms with Gasteiger partial charge in [-0.1, -0.05) is 164 Å². The van der Waals surface area contributed by atoms with Crippen molar-refractivity contribution in [3.8, 4) is 56.4 Å². The molecule has 0 radical (unpaired) electrons. The Labute approximate surface area is 317 Å². The molecular formula is C51H31N3O. The Morgan fingerprint density at radius 2 is 0.909 bits per heavy atom. The fraction of sp³-hybridized carbons (Fsp3) is 0. The van der Waals surface area contributed by atoms with Crippen molar-refractivity contribution in [2.75, 3.05) is 0 Å². The minimum absolute atomic E-state index is 0.632. The van der Waals surface area contributed by atoms with Crippen LogP contribution in [0.4, 0.5) is 0 Å². The van der Waals surface area contributed by atoms with E-state index in [1.807, 2.05) is 24.3 Å². The summed E-state index contributed by atoms with van der Waals surface area (Å²) in [7, 11) is 0. The van der Waals surface area contributed by atoms with Gasteiger partial charge in [-0.25, -0.2) is 15.0 Å². The van der Waals surface area contributed by atoms with E-state index in [1.54, 1.807) is 0 Å². The van der Waals surface area contributed by atoms with Crippen molar-refractivity contribution in [1.82, 2.24) is 15.0 Å². The van der Waals surface area contributed by atoms with Gasteiger partial charge in [-0.2, -0.15) is 0 Å². The molecule has 0 saturated carbocycles. The summed E-state index contributed by atoms with van der Waals surface area (Å²) in [6.07, 6.45) is 0. The summed E-state index contributed by atoms with van der Waals surface area (Å²) < 4.78 is 6.68. The Hall–Kier alpha value is -7.43. The summed E-state index contributed by atoms with van der Waals surface area (Å²) in [6.45, 7) is 0. The van der Waals surface area contributed by atoms with E-state index < -0.39 is 0 Å². The van der Waals surface area contributed by atoms with Gasteiger partial charge in [-0.3, -0.25) is 0 Å². The van der Waals surface area contributed by atoms with Gasteiger partial charge < -0.3 is 4.42 Å². The van der Waals surface area contributed by atoms with Crippen LogP contribution in [0.2, 0.25) is 0 Å². The summed E-state index contributed by atoms with van der Waals surface area (Å²) in [5.41, 5.74) is 9.19. The summed E-state index contributed by atoms with van der Waals surface area (Å²) in [6, 6.07) is 65.7. The lowest BCUT2D eigenvalue weighted by atomic mass is 9.88. The molecule has 11 aromatic rings. The summed E-state index contributed by atoms with van der Waals surface area (Å²) >= 11 is 0. The lowest BCUT2D eigenvalue weighted by molar-refractivity contribution is 0.673. The Morgan fingerprint density at radius 1 is 0.309 bits per heavy atom. The Morgan fingerprint density at radius 3 is 1.71 bits per heavy atom. The number of nitrogens with zero attached hydrogens (tertiary/aromatic N) is 3. The molecule has 11 rings (SSSR count). The first-order valence-corrected chi connectivity index (χ1v) is 18.5. The predicted molar refractivity (Wildman–Crippen MR) is 227 cm³/mol. The zero-order chi connectivity index (χ0) is 36.3. The largest absolute Gasteiger partial charge is 0.455 e. The summed E-state index contributed by atoms with van der Waals surface area (Å²) in [5, 5.41) is 8.94. The van der Waals surface area contributed by atoms with E-state index >= 15 is 0 Å². The Kier molecular flexibility index (Phi) is 7.14. The van der Waals surface area contributed by atoms with E-state index in [-0.39, 0.29) is 0 Å². The quantitative estimate of drug-likeness (QED) is 0.179. The smallest absolute Gasteiger partial charge is 0.164 e. The molecule has 0 aliphatic carbocycles. The van der Waals surface area contributed by atoms with Crippen LogP contribution in [0.15, 0.2) is 192 Å². The molecule has 0 bridgehead atoms. The molecule has 55 heavy (non-hydrogen) atoms. The summed E-state index contributed by atoms with van der Waals surface area (Å²) in [4.78, 5) is 15.4. The number of rotatable bonds is 5. The molecular weight excluding hydrogens is 671 g/mol. The third-order valence-electron chi connectivity index (χ3n) is 10.7. The van der Waals surface area contributed by atoms with Crippen LogP contribution in [-0.2, 0) is 0 Å². The molecule has 0 aliphatic heterocycles. The fourth-order valence-electron chi connectivity index (χ4n) is 8.12. The molecule has 4 nitrogen and oxygen atoms in total. The van der Waals surface area contributed by atoms with Gasteiger partial charge in [0.1, 0.15) is 11.2 Å². The lowest BCUT2D eigenvalue weighted by Crippen LogP contribution is -2.01. The molecule has 0 unspecified atom stereocenters. The van der Waals surface area contributed by atoms with Crippen LogP contribution in [0.3, 0.4) is 0 Å². The Bertz CT molecular complexity index is 3260. The van der Waals surface area contributed by atoms with Gasteiger partial charge in [0.05, 0.1) is 0 Å². The van der Waals surface area contributed by atoms with E-state index in [2.05, 4.69) is 164 Å². The third-order valence-corrected chi connectivity index (χ3v) is 10.7. The van der Waals surface area contributed by atoms with Gasteiger partial charge in [-0.05, 0) is 73.5 Å². The third kappa shape index (κ3) is 5.19. The fourth-order valence-corrected chi connectivity index (χ4v) is 8.12. The second-order valence-corrected chi connectivity index (χ2v) is 13.9. The first-order chi connectivity index (χ1) is 27.3. The highest BCUT2D eigenvalue weighted by Crippen LogP contribution is 2.46. The number of hydrogen-bond donors (Lipinski definition) is 0. The lowest BCUT2D eigenvalue weighted by Gasteiger charge is -2.16. The zero-order valence-electron chi connectivity index (χ0n) is 29.6. The maximum atomic E-state index is 6.68. The van der Waals surface area contributed by atoms with Gasteiger partial charge in [0, 0.05) is 32.8 Å². The van der Waals surface area contributed by atoms with Gasteiger partial charge >= 0.3 is 0 Å². The van der Waals surface area contributed by atoms with Gasteiger partial charge in [-0.15, -0.1) is 0 Å². The topological polar surface area (TPSA) is 51.8 Å². The van der Waals surface area contributed by atoms with Crippen molar-refractivity contribution < 1.29 is 4.42 Å². The molecule has 0 spiro atoms. The van der Waals surface area contributed by atoms with Crippen LogP contribution >= 0.6 is 0 Å². The summed E-state index contributed by atoms with van der Waals surface area (Å²) in [5.74, 6) is 1.91. The second kappa shape index (κ2) is 12.6. The van der Waals surface area contributed by atoms with Gasteiger partial charge in [0.2, 0.25) is 0 Å². The first kappa shape index (κ1) is 31.1. The van der Waals surface area contributed by atoms with E-state index in [0.717, 1.165) is 87.8 Å². The molecule has 0 saturated heterocycles. The van der Waals surface area contributed by atoms with Crippen molar-refractivity contribution in [2.45, 2.75) is 0 Å². The number of hydrogen-bond acceptors (Lipinski definition) is 4. The van der Waals surface area contributed by atoms with Gasteiger partial charge in [0.15, 0.2) is 17.5 Å². The molecule has 0 fully saturated rings. The highest BCUT2D eigenvalue weighted by molar-refractivity contribution is 6.24. The zero-order valence-corrected chi connectivity index (χ0v) is 29.6. The Balaban J connectivity index is 1.17. The molecule has 4 heteroatoms. The molecule has 2 heterocycles. The molecule has 0 amide bonds. The maximum Gasteiger partial charge on any atom is 0.164 e. The number of para-hydroxylation sites is 1. The molecule has 0 N–H and O–H groups in total. The van der Waals surface area contributed by atoms with Crippen LogP contribution < -0.4 is 0 Å². The molecule has 0 aliphatic rings. The van der Waals surface area contributed by atoms with Crippen LogP contribution in [0.1, 0.15) is 0 Å². The van der Waals surface area contributed by atoms with E-state index in [4.69, 9.17) is 19.4 Å². The van der Waals surface area contributed by atoms with Crippen LogP contribution in [-0.4, -0.2) is 15.0 Å². The van der Waals surface area contributed by atoms with Gasteiger partial charge in [0.25, 0.3) is 0 Å². The number of furan rings is 1. The molecule has 0 atom stereocenters. The monoisotopic (exact) mass is 701 g/mol. The van der Waals surface area contributed by atoms with Crippen LogP contribution in [0, 0.1) is 0 Å². The second-order valence-electron chi connectivity index (χ2n) is 13.9. The predicted octanol–water partition coefficient (Wildman–Crippen LogP) is 13.6. The average Bonchev–Trinajstić information content (AvgIpc) is 3.64.